The first-order valence-electron chi connectivity index (χ1n) is 9.51. The zero-order valence-corrected chi connectivity index (χ0v) is 16.7. The van der Waals surface area contributed by atoms with Crippen molar-refractivity contribution in [2.75, 3.05) is 18.6 Å². The van der Waals surface area contributed by atoms with Crippen LogP contribution >= 0.6 is 0 Å². The molecular weight excluding hydrogens is 425 g/mol. The standard InChI is InChI=1S/C19H16FN7O5/c1-25-16(29)8-31-18-17(25)19(30)26(9-21-18)7-15-22-24-27(23-15)6-12(28)14-4-10-2-3-11(20)5-13(10)32-14/h2-5,9,12,28H,6-8H2,1H3/t12-/m0/s1. The van der Waals surface area contributed by atoms with Crippen LogP contribution in [-0.2, 0) is 17.9 Å². The van der Waals surface area contributed by atoms with Crippen molar-refractivity contribution >= 4 is 22.6 Å². The Labute approximate surface area is 178 Å². The molecular formula is C19H16FN7O5. The van der Waals surface area contributed by atoms with Crippen molar-refractivity contribution in [3.05, 3.63) is 58.3 Å². The third-order valence-corrected chi connectivity index (χ3v) is 4.99. The van der Waals surface area contributed by atoms with E-state index in [4.69, 9.17) is 9.15 Å². The zero-order valence-electron chi connectivity index (χ0n) is 16.7. The molecule has 0 saturated carbocycles. The maximum absolute atomic E-state index is 13.3. The molecule has 5 rings (SSSR count). The fraction of sp³-hybridized carbons (Fsp3) is 0.263. The predicted molar refractivity (Wildman–Crippen MR) is 105 cm³/mol. The smallest absolute Gasteiger partial charge is 0.281 e. The second-order valence-corrected chi connectivity index (χ2v) is 7.18. The zero-order chi connectivity index (χ0) is 22.4. The molecule has 1 aliphatic rings. The van der Waals surface area contributed by atoms with Crippen LogP contribution < -0.4 is 15.2 Å². The van der Waals surface area contributed by atoms with E-state index in [2.05, 4.69) is 20.4 Å². The van der Waals surface area contributed by atoms with Gasteiger partial charge in [0, 0.05) is 18.5 Å². The van der Waals surface area contributed by atoms with E-state index in [0.717, 1.165) is 4.80 Å². The number of aromatic nitrogens is 6. The average Bonchev–Trinajstić information content (AvgIpc) is 3.39. The fourth-order valence-corrected chi connectivity index (χ4v) is 3.32. The minimum atomic E-state index is -1.10. The van der Waals surface area contributed by atoms with E-state index in [-0.39, 0.29) is 48.8 Å². The first-order valence-corrected chi connectivity index (χ1v) is 9.51. The van der Waals surface area contributed by atoms with E-state index in [1.807, 2.05) is 0 Å². The summed E-state index contributed by atoms with van der Waals surface area (Å²) in [5.41, 5.74) is -0.137. The van der Waals surface area contributed by atoms with Crippen LogP contribution in [0.4, 0.5) is 10.1 Å². The molecule has 4 heterocycles. The Morgan fingerprint density at radius 1 is 1.28 bits per heavy atom. The van der Waals surface area contributed by atoms with Gasteiger partial charge in [-0.05, 0) is 23.4 Å². The van der Waals surface area contributed by atoms with Gasteiger partial charge in [0.15, 0.2) is 18.1 Å². The highest BCUT2D eigenvalue weighted by molar-refractivity contribution is 5.96. The normalized spacial score (nSPS) is 14.5. The van der Waals surface area contributed by atoms with Gasteiger partial charge in [-0.3, -0.25) is 14.2 Å². The quantitative estimate of drug-likeness (QED) is 0.461. The number of ether oxygens (including phenoxy) is 1. The number of hydrogen-bond acceptors (Lipinski definition) is 9. The summed E-state index contributed by atoms with van der Waals surface area (Å²) < 4.78 is 25.2. The largest absolute Gasteiger partial charge is 0.466 e. The Morgan fingerprint density at radius 3 is 2.97 bits per heavy atom. The molecule has 12 nitrogen and oxygen atoms in total. The van der Waals surface area contributed by atoms with Gasteiger partial charge in [-0.2, -0.15) is 4.80 Å². The lowest BCUT2D eigenvalue weighted by atomic mass is 10.2. The Bertz CT molecular complexity index is 1390. The highest BCUT2D eigenvalue weighted by Gasteiger charge is 2.27. The number of furan rings is 1. The van der Waals surface area contributed by atoms with Gasteiger partial charge in [-0.25, -0.2) is 9.37 Å². The van der Waals surface area contributed by atoms with Crippen molar-refractivity contribution in [3.8, 4) is 5.88 Å². The number of amides is 1. The fourth-order valence-electron chi connectivity index (χ4n) is 3.32. The number of halogens is 1. The maximum atomic E-state index is 13.3. The number of hydrogen-bond donors (Lipinski definition) is 1. The molecule has 0 aliphatic carbocycles. The summed E-state index contributed by atoms with van der Waals surface area (Å²) in [4.78, 5) is 31.0. The van der Waals surface area contributed by atoms with E-state index >= 15 is 0 Å². The molecule has 0 radical (unpaired) electrons. The molecule has 3 aromatic heterocycles. The Hall–Kier alpha value is -4.13. The van der Waals surface area contributed by atoms with E-state index in [0.29, 0.717) is 11.0 Å². The van der Waals surface area contributed by atoms with Gasteiger partial charge in [-0.15, -0.1) is 10.2 Å². The first-order chi connectivity index (χ1) is 15.4. The number of aliphatic hydroxyl groups is 1. The van der Waals surface area contributed by atoms with Gasteiger partial charge in [0.05, 0.1) is 13.1 Å². The van der Waals surface area contributed by atoms with Gasteiger partial charge < -0.3 is 19.2 Å². The van der Waals surface area contributed by atoms with E-state index in [1.165, 1.54) is 35.0 Å². The van der Waals surface area contributed by atoms with Crippen molar-refractivity contribution in [2.24, 2.45) is 0 Å². The lowest BCUT2D eigenvalue weighted by molar-refractivity contribution is -0.121. The molecule has 0 bridgehead atoms. The number of aliphatic hydroxyl groups excluding tert-OH is 1. The van der Waals surface area contributed by atoms with Crippen LogP contribution in [0.2, 0.25) is 0 Å². The second kappa shape index (κ2) is 7.53. The molecule has 1 amide bonds. The van der Waals surface area contributed by atoms with Crippen molar-refractivity contribution in [2.45, 2.75) is 19.2 Å². The summed E-state index contributed by atoms with van der Waals surface area (Å²) >= 11 is 0. The summed E-state index contributed by atoms with van der Waals surface area (Å²) in [7, 11) is 1.47. The summed E-state index contributed by atoms with van der Waals surface area (Å²) in [6.45, 7) is -0.308. The average molecular weight is 441 g/mol. The van der Waals surface area contributed by atoms with Gasteiger partial charge in [-0.1, -0.05) is 0 Å². The number of benzene rings is 1. The van der Waals surface area contributed by atoms with Crippen LogP contribution in [0.25, 0.3) is 11.0 Å². The number of fused-ring (bicyclic) bond motifs is 2. The summed E-state index contributed by atoms with van der Waals surface area (Å²) in [6.07, 6.45) is 0.172. The molecule has 32 heavy (non-hydrogen) atoms. The van der Waals surface area contributed by atoms with E-state index in [9.17, 15) is 19.1 Å². The molecule has 0 saturated heterocycles. The topological polar surface area (TPSA) is 141 Å². The Morgan fingerprint density at radius 2 is 2.12 bits per heavy atom. The molecule has 1 atom stereocenters. The highest BCUT2D eigenvalue weighted by Crippen LogP contribution is 2.26. The first kappa shape index (κ1) is 19.8. The third kappa shape index (κ3) is 3.47. The summed E-state index contributed by atoms with van der Waals surface area (Å²) in [5, 5.41) is 23.0. The van der Waals surface area contributed by atoms with Crippen LogP contribution in [0.15, 0.2) is 39.8 Å². The van der Waals surface area contributed by atoms with Crippen LogP contribution in [0.3, 0.4) is 0 Å². The lowest BCUT2D eigenvalue weighted by Crippen LogP contribution is -2.41. The van der Waals surface area contributed by atoms with Gasteiger partial charge in [0.1, 0.15) is 29.6 Å². The van der Waals surface area contributed by atoms with Crippen LogP contribution in [0.5, 0.6) is 5.88 Å². The van der Waals surface area contributed by atoms with Crippen molar-refractivity contribution in [1.29, 1.82) is 0 Å². The van der Waals surface area contributed by atoms with Crippen molar-refractivity contribution < 1.29 is 23.4 Å². The molecule has 164 valence electrons. The second-order valence-electron chi connectivity index (χ2n) is 7.18. The number of likely N-dealkylation sites (N-methyl/N-ethyl adjacent to an activating group) is 1. The number of rotatable bonds is 5. The SMILES string of the molecule is CN1C(=O)COc2ncn(Cc3nnn(C[C@H](O)c4cc5ccc(F)cc5o4)n3)c(=O)c21. The number of tetrazole rings is 1. The van der Waals surface area contributed by atoms with Gasteiger partial charge in [0.25, 0.3) is 11.5 Å². The molecule has 1 aromatic carbocycles. The van der Waals surface area contributed by atoms with Crippen molar-refractivity contribution in [1.82, 2.24) is 29.8 Å². The van der Waals surface area contributed by atoms with Crippen LogP contribution in [0.1, 0.15) is 17.7 Å². The minimum absolute atomic E-state index is 0.0351. The summed E-state index contributed by atoms with van der Waals surface area (Å²) in [6, 6.07) is 5.69. The Kier molecular flexibility index (Phi) is 4.66. The minimum Gasteiger partial charge on any atom is -0.466 e. The number of anilines is 1. The van der Waals surface area contributed by atoms with Crippen LogP contribution in [-0.4, -0.2) is 54.4 Å². The van der Waals surface area contributed by atoms with Gasteiger partial charge >= 0.3 is 0 Å². The maximum Gasteiger partial charge on any atom is 0.281 e. The lowest BCUT2D eigenvalue weighted by Gasteiger charge is -2.24. The monoisotopic (exact) mass is 441 g/mol. The molecule has 0 fully saturated rings. The molecule has 0 spiro atoms. The van der Waals surface area contributed by atoms with E-state index in [1.54, 1.807) is 12.1 Å². The third-order valence-electron chi connectivity index (χ3n) is 4.99. The predicted octanol–water partition coefficient (Wildman–Crippen LogP) is 0.252. The number of carbonyl (C=O) groups is 1. The number of carbonyl (C=O) groups excluding carboxylic acids is 1. The van der Waals surface area contributed by atoms with E-state index < -0.39 is 17.5 Å². The van der Waals surface area contributed by atoms with Crippen molar-refractivity contribution in [3.63, 3.8) is 0 Å². The molecule has 1 aliphatic heterocycles. The van der Waals surface area contributed by atoms with Gasteiger partial charge in [0.2, 0.25) is 5.88 Å². The Balaban J connectivity index is 1.33. The summed E-state index contributed by atoms with van der Waals surface area (Å²) in [5.74, 6) is -0.297. The molecule has 0 unspecified atom stereocenters. The molecule has 4 aromatic rings. The molecule has 13 heteroatoms. The number of nitrogens with zero attached hydrogens (tertiary/aromatic N) is 7. The molecule has 1 N–H and O–H groups in total. The highest BCUT2D eigenvalue weighted by atomic mass is 19.1. The van der Waals surface area contributed by atoms with Crippen LogP contribution in [0, 0.1) is 5.82 Å².